The lowest BCUT2D eigenvalue weighted by molar-refractivity contribution is -0.384. The van der Waals surface area contributed by atoms with Crippen molar-refractivity contribution in [3.05, 3.63) is 45.5 Å². The Morgan fingerprint density at radius 1 is 1.06 bits per heavy atom. The standard InChI is InChI=1S/C24H31N7O5/c32-31(33)19-5-4-18-2-1-3-21(20(18)16-19)27-28-22-17-23(30-9-13-35-14-10-30)26-24(25-22)36-15-8-29-6-11-34-12-7-29/h4-5,16-17H,1-3,6-15H2,(H,25,26,28)/b27-21+. The molecule has 0 atom stereocenters. The Labute approximate surface area is 209 Å². The molecule has 2 saturated heterocycles. The fourth-order valence-corrected chi connectivity index (χ4v) is 4.57. The number of anilines is 2. The minimum atomic E-state index is -0.375. The first-order valence-electron chi connectivity index (χ1n) is 12.4. The maximum absolute atomic E-state index is 11.3. The number of nitrogens with one attached hydrogen (secondary N) is 1. The van der Waals surface area contributed by atoms with Crippen molar-refractivity contribution in [3.63, 3.8) is 0 Å². The highest BCUT2D eigenvalue weighted by molar-refractivity contribution is 6.03. The van der Waals surface area contributed by atoms with Crippen molar-refractivity contribution < 1.29 is 19.1 Å². The van der Waals surface area contributed by atoms with Crippen molar-refractivity contribution in [2.24, 2.45) is 5.10 Å². The van der Waals surface area contributed by atoms with Crippen LogP contribution in [0.4, 0.5) is 17.3 Å². The molecule has 0 bridgehead atoms. The number of benzene rings is 1. The Kier molecular flexibility index (Phi) is 7.84. The van der Waals surface area contributed by atoms with Crippen molar-refractivity contribution in [2.45, 2.75) is 19.3 Å². The number of morpholine rings is 2. The number of hydrogen-bond acceptors (Lipinski definition) is 11. The molecule has 0 amide bonds. The predicted octanol–water partition coefficient (Wildman–Crippen LogP) is 2.08. The summed E-state index contributed by atoms with van der Waals surface area (Å²) in [6, 6.07) is 7.11. The zero-order chi connectivity index (χ0) is 24.7. The summed E-state index contributed by atoms with van der Waals surface area (Å²) in [7, 11) is 0. The molecule has 2 aliphatic heterocycles. The molecular formula is C24H31N7O5. The Morgan fingerprint density at radius 2 is 1.83 bits per heavy atom. The number of aryl methyl sites for hydroxylation is 1. The summed E-state index contributed by atoms with van der Waals surface area (Å²) in [6.07, 6.45) is 2.54. The number of fused-ring (bicyclic) bond motifs is 1. The molecule has 2 fully saturated rings. The minimum Gasteiger partial charge on any atom is -0.462 e. The fourth-order valence-electron chi connectivity index (χ4n) is 4.57. The van der Waals surface area contributed by atoms with Crippen molar-refractivity contribution in [1.29, 1.82) is 0 Å². The molecular weight excluding hydrogens is 466 g/mol. The molecule has 12 nitrogen and oxygen atoms in total. The van der Waals surface area contributed by atoms with Crippen molar-refractivity contribution in [1.82, 2.24) is 14.9 Å². The van der Waals surface area contributed by atoms with Crippen LogP contribution in [0.15, 0.2) is 29.4 Å². The van der Waals surface area contributed by atoms with E-state index in [-0.39, 0.29) is 16.6 Å². The van der Waals surface area contributed by atoms with Gasteiger partial charge < -0.3 is 19.1 Å². The van der Waals surface area contributed by atoms with Gasteiger partial charge in [0.2, 0.25) is 0 Å². The van der Waals surface area contributed by atoms with Crippen LogP contribution in [0.25, 0.3) is 0 Å². The minimum absolute atomic E-state index is 0.0657. The Hall–Kier alpha value is -3.35. The second-order valence-electron chi connectivity index (χ2n) is 8.92. The van der Waals surface area contributed by atoms with Crippen LogP contribution in [0.3, 0.4) is 0 Å². The second-order valence-corrected chi connectivity index (χ2v) is 8.92. The lowest BCUT2D eigenvalue weighted by Gasteiger charge is -2.28. The number of nitrogens with zero attached hydrogens (tertiary/aromatic N) is 6. The van der Waals surface area contributed by atoms with Gasteiger partial charge in [0.1, 0.15) is 12.4 Å². The fraction of sp³-hybridized carbons (Fsp3) is 0.542. The van der Waals surface area contributed by atoms with Crippen LogP contribution in [-0.2, 0) is 15.9 Å². The predicted molar refractivity (Wildman–Crippen MR) is 134 cm³/mol. The average molecular weight is 498 g/mol. The molecule has 36 heavy (non-hydrogen) atoms. The van der Waals surface area contributed by atoms with Crippen LogP contribution >= 0.6 is 0 Å². The molecule has 0 radical (unpaired) electrons. The maximum Gasteiger partial charge on any atom is 0.320 e. The Bertz CT molecular complexity index is 1100. The molecule has 1 aromatic heterocycles. The topological polar surface area (TPSA) is 127 Å². The van der Waals surface area contributed by atoms with E-state index in [2.05, 4.69) is 30.3 Å². The van der Waals surface area contributed by atoms with Gasteiger partial charge in [0.25, 0.3) is 5.69 Å². The van der Waals surface area contributed by atoms with E-state index in [9.17, 15) is 10.1 Å². The molecule has 0 saturated carbocycles. The zero-order valence-corrected chi connectivity index (χ0v) is 20.2. The first-order chi connectivity index (χ1) is 17.7. The maximum atomic E-state index is 11.3. The summed E-state index contributed by atoms with van der Waals surface area (Å²) in [5, 5.41) is 15.9. The second kappa shape index (κ2) is 11.6. The van der Waals surface area contributed by atoms with Crippen molar-refractivity contribution >= 4 is 23.0 Å². The zero-order valence-electron chi connectivity index (χ0n) is 20.2. The lowest BCUT2D eigenvalue weighted by atomic mass is 9.90. The summed E-state index contributed by atoms with van der Waals surface area (Å²) >= 11 is 0. The molecule has 3 aliphatic rings. The van der Waals surface area contributed by atoms with Gasteiger partial charge in [-0.3, -0.25) is 20.4 Å². The van der Waals surface area contributed by atoms with Crippen molar-refractivity contribution in [2.75, 3.05) is 76.1 Å². The van der Waals surface area contributed by atoms with E-state index < -0.39 is 0 Å². The average Bonchev–Trinajstić information content (AvgIpc) is 2.92. The number of nitro benzene ring substituents is 1. The summed E-state index contributed by atoms with van der Waals surface area (Å²) in [4.78, 5) is 24.5. The molecule has 0 unspecified atom stereocenters. The van der Waals surface area contributed by atoms with E-state index in [1.54, 1.807) is 12.1 Å². The molecule has 1 N–H and O–H groups in total. The highest BCUT2D eigenvalue weighted by Gasteiger charge is 2.20. The number of non-ortho nitro benzene ring substituents is 1. The van der Waals surface area contributed by atoms with Gasteiger partial charge in [0.05, 0.1) is 37.1 Å². The summed E-state index contributed by atoms with van der Waals surface area (Å²) in [5.41, 5.74) is 5.79. The largest absolute Gasteiger partial charge is 0.462 e. The molecule has 3 heterocycles. The Balaban J connectivity index is 1.34. The Morgan fingerprint density at radius 3 is 2.61 bits per heavy atom. The van der Waals surface area contributed by atoms with Crippen molar-refractivity contribution in [3.8, 4) is 6.01 Å². The number of ether oxygens (including phenoxy) is 3. The molecule has 12 heteroatoms. The highest BCUT2D eigenvalue weighted by atomic mass is 16.6. The highest BCUT2D eigenvalue weighted by Crippen LogP contribution is 2.27. The van der Waals surface area contributed by atoms with E-state index in [1.807, 2.05) is 12.1 Å². The summed E-state index contributed by atoms with van der Waals surface area (Å²) < 4.78 is 16.8. The summed E-state index contributed by atoms with van der Waals surface area (Å²) in [5.74, 6) is 1.26. The first-order valence-corrected chi connectivity index (χ1v) is 12.4. The quantitative estimate of drug-likeness (QED) is 0.428. The number of aromatic nitrogens is 2. The van der Waals surface area contributed by atoms with E-state index in [0.29, 0.717) is 25.6 Å². The summed E-state index contributed by atoms with van der Waals surface area (Å²) in [6.45, 7) is 7.24. The van der Waals surface area contributed by atoms with Crippen LogP contribution in [0, 0.1) is 10.1 Å². The van der Waals surface area contributed by atoms with Gasteiger partial charge in [-0.05, 0) is 24.8 Å². The number of hydrogen-bond donors (Lipinski definition) is 1. The number of hydrazone groups is 1. The van der Waals surface area contributed by atoms with Gasteiger partial charge in [0, 0.05) is 56.5 Å². The van der Waals surface area contributed by atoms with Gasteiger partial charge in [-0.2, -0.15) is 15.1 Å². The van der Waals surface area contributed by atoms with Gasteiger partial charge in [-0.25, -0.2) is 0 Å². The smallest absolute Gasteiger partial charge is 0.320 e. The van der Waals surface area contributed by atoms with Gasteiger partial charge in [-0.1, -0.05) is 6.07 Å². The van der Waals surface area contributed by atoms with Crippen LogP contribution in [-0.4, -0.2) is 91.3 Å². The normalized spacial score (nSPS) is 19.7. The lowest BCUT2D eigenvalue weighted by Crippen LogP contribution is -2.39. The van der Waals surface area contributed by atoms with E-state index in [0.717, 1.165) is 87.9 Å². The number of rotatable bonds is 8. The van der Waals surface area contributed by atoms with Crippen LogP contribution in [0.1, 0.15) is 24.0 Å². The monoisotopic (exact) mass is 497 g/mol. The molecule has 1 aromatic carbocycles. The van der Waals surface area contributed by atoms with Gasteiger partial charge >= 0.3 is 6.01 Å². The van der Waals surface area contributed by atoms with E-state index in [1.165, 1.54) is 0 Å². The first kappa shape index (κ1) is 24.3. The van der Waals surface area contributed by atoms with Crippen LogP contribution < -0.4 is 15.1 Å². The molecule has 0 spiro atoms. The molecule has 2 aromatic rings. The molecule has 1 aliphatic carbocycles. The van der Waals surface area contributed by atoms with Crippen LogP contribution in [0.2, 0.25) is 0 Å². The third-order valence-electron chi connectivity index (χ3n) is 6.55. The molecule has 192 valence electrons. The third kappa shape index (κ3) is 6.07. The van der Waals surface area contributed by atoms with Crippen LogP contribution in [0.5, 0.6) is 6.01 Å². The van der Waals surface area contributed by atoms with E-state index >= 15 is 0 Å². The van der Waals surface area contributed by atoms with E-state index in [4.69, 9.17) is 14.2 Å². The van der Waals surface area contributed by atoms with Gasteiger partial charge in [-0.15, -0.1) is 0 Å². The SMILES string of the molecule is O=[N+]([O-])c1ccc2c(c1)/C(=N/Nc1cc(N3CCOCC3)nc(OCCN3CCOCC3)n1)CCC2. The third-order valence-corrected chi connectivity index (χ3v) is 6.55. The van der Waals surface area contributed by atoms with Gasteiger partial charge in [0.15, 0.2) is 5.82 Å². The number of nitro groups is 1. The molecule has 5 rings (SSSR count).